The van der Waals surface area contributed by atoms with Crippen molar-refractivity contribution in [2.45, 2.75) is 19.9 Å². The lowest BCUT2D eigenvalue weighted by molar-refractivity contribution is 0.0935. The fraction of sp³-hybridized carbons (Fsp3) is 0.294. The average molecular weight is 313 g/mol. The lowest BCUT2D eigenvalue weighted by atomic mass is 10.2. The molecule has 0 aliphatic rings. The third-order valence-electron chi connectivity index (χ3n) is 3.57. The highest BCUT2D eigenvalue weighted by molar-refractivity contribution is 5.94. The third kappa shape index (κ3) is 3.06. The predicted molar refractivity (Wildman–Crippen MR) is 86.5 cm³/mol. The molecule has 0 unspecified atom stereocenters. The SMILES string of the molecule is CCOc1cccc2cc([C@@H](C)NC(=O)c3cnn(C)c3)oc12. The first-order chi connectivity index (χ1) is 11.1. The normalized spacial score (nSPS) is 12.3. The van der Waals surface area contributed by atoms with Crippen molar-refractivity contribution in [3.8, 4) is 5.75 Å². The van der Waals surface area contributed by atoms with Crippen LogP contribution in [0.3, 0.4) is 0 Å². The molecule has 0 bridgehead atoms. The molecule has 6 nitrogen and oxygen atoms in total. The van der Waals surface area contributed by atoms with E-state index in [0.29, 0.717) is 29.3 Å². The molecule has 1 N–H and O–H groups in total. The maximum absolute atomic E-state index is 12.2. The van der Waals surface area contributed by atoms with E-state index in [0.717, 1.165) is 5.39 Å². The Labute approximate surface area is 134 Å². The number of para-hydroxylation sites is 1. The highest BCUT2D eigenvalue weighted by atomic mass is 16.5. The standard InChI is InChI=1S/C17H19N3O3/c1-4-22-14-7-5-6-12-8-15(23-16(12)14)11(2)19-17(21)13-9-18-20(3)10-13/h5-11H,4H2,1-3H3,(H,19,21)/t11-/m1/s1. The number of benzene rings is 1. The van der Waals surface area contributed by atoms with Gasteiger partial charge in [-0.25, -0.2) is 0 Å². The minimum atomic E-state index is -0.260. The molecule has 3 aromatic rings. The Kier molecular flexibility index (Phi) is 4.06. The summed E-state index contributed by atoms with van der Waals surface area (Å²) >= 11 is 0. The summed E-state index contributed by atoms with van der Waals surface area (Å²) in [5.41, 5.74) is 1.22. The highest BCUT2D eigenvalue weighted by Crippen LogP contribution is 2.31. The zero-order chi connectivity index (χ0) is 16.4. The number of carbonyl (C=O) groups excluding carboxylic acids is 1. The number of ether oxygens (including phenoxy) is 1. The van der Waals surface area contributed by atoms with Crippen molar-refractivity contribution in [2.75, 3.05) is 6.61 Å². The second-order valence-corrected chi connectivity index (χ2v) is 5.35. The molecule has 1 amide bonds. The zero-order valence-electron chi connectivity index (χ0n) is 13.4. The first kappa shape index (κ1) is 15.1. The summed E-state index contributed by atoms with van der Waals surface area (Å²) in [5.74, 6) is 1.21. The minimum absolute atomic E-state index is 0.184. The van der Waals surface area contributed by atoms with Crippen LogP contribution < -0.4 is 10.1 Å². The van der Waals surface area contributed by atoms with Gasteiger partial charge in [0.15, 0.2) is 11.3 Å². The van der Waals surface area contributed by atoms with E-state index in [2.05, 4.69) is 10.4 Å². The molecule has 0 aliphatic heterocycles. The molecule has 0 fully saturated rings. The van der Waals surface area contributed by atoms with Gasteiger partial charge in [0.2, 0.25) is 0 Å². The fourth-order valence-electron chi connectivity index (χ4n) is 2.43. The number of hydrogen-bond donors (Lipinski definition) is 1. The van der Waals surface area contributed by atoms with Gasteiger partial charge in [-0.3, -0.25) is 9.48 Å². The van der Waals surface area contributed by atoms with E-state index in [9.17, 15) is 4.79 Å². The van der Waals surface area contributed by atoms with Gasteiger partial charge in [-0.15, -0.1) is 0 Å². The van der Waals surface area contributed by atoms with Crippen LogP contribution in [0.1, 0.15) is 36.0 Å². The molecule has 0 radical (unpaired) electrons. The van der Waals surface area contributed by atoms with Gasteiger partial charge in [-0.1, -0.05) is 12.1 Å². The van der Waals surface area contributed by atoms with Crippen molar-refractivity contribution in [1.82, 2.24) is 15.1 Å². The molecule has 0 saturated heterocycles. The van der Waals surface area contributed by atoms with Crippen LogP contribution in [-0.2, 0) is 7.05 Å². The Morgan fingerprint density at radius 3 is 3.00 bits per heavy atom. The van der Waals surface area contributed by atoms with Crippen molar-refractivity contribution in [2.24, 2.45) is 7.05 Å². The number of hydrogen-bond acceptors (Lipinski definition) is 4. The van der Waals surface area contributed by atoms with Crippen molar-refractivity contribution in [3.63, 3.8) is 0 Å². The van der Waals surface area contributed by atoms with Crippen molar-refractivity contribution >= 4 is 16.9 Å². The van der Waals surface area contributed by atoms with E-state index in [1.54, 1.807) is 17.9 Å². The second kappa shape index (κ2) is 6.16. The zero-order valence-corrected chi connectivity index (χ0v) is 13.4. The smallest absolute Gasteiger partial charge is 0.255 e. The number of furan rings is 1. The average Bonchev–Trinajstić information content (AvgIpc) is 3.14. The van der Waals surface area contributed by atoms with Crippen LogP contribution in [-0.4, -0.2) is 22.3 Å². The molecule has 1 atom stereocenters. The molecule has 2 heterocycles. The number of fused-ring (bicyclic) bond motifs is 1. The summed E-state index contributed by atoms with van der Waals surface area (Å²) in [6, 6.07) is 7.42. The molecule has 0 spiro atoms. The van der Waals surface area contributed by atoms with Gasteiger partial charge in [0, 0.05) is 18.6 Å². The maximum atomic E-state index is 12.2. The molecular formula is C17H19N3O3. The third-order valence-corrected chi connectivity index (χ3v) is 3.57. The lowest BCUT2D eigenvalue weighted by Crippen LogP contribution is -2.26. The summed E-state index contributed by atoms with van der Waals surface area (Å²) in [6.07, 6.45) is 3.21. The number of nitrogens with zero attached hydrogens (tertiary/aromatic N) is 2. The number of amides is 1. The molecule has 23 heavy (non-hydrogen) atoms. The quantitative estimate of drug-likeness (QED) is 0.786. The van der Waals surface area contributed by atoms with Crippen molar-refractivity contribution in [1.29, 1.82) is 0 Å². The Morgan fingerprint density at radius 1 is 1.48 bits per heavy atom. The largest absolute Gasteiger partial charge is 0.490 e. The molecule has 120 valence electrons. The van der Waals surface area contributed by atoms with Gasteiger partial charge < -0.3 is 14.5 Å². The summed E-state index contributed by atoms with van der Waals surface area (Å²) in [5, 5.41) is 7.86. The Bertz CT molecular complexity index is 835. The second-order valence-electron chi connectivity index (χ2n) is 5.35. The molecule has 6 heteroatoms. The van der Waals surface area contributed by atoms with Crippen molar-refractivity contribution in [3.05, 3.63) is 48.0 Å². The summed E-state index contributed by atoms with van der Waals surface area (Å²) in [6.45, 7) is 4.38. The van der Waals surface area contributed by atoms with Crippen LogP contribution in [0.5, 0.6) is 5.75 Å². The van der Waals surface area contributed by atoms with Crippen LogP contribution in [0.25, 0.3) is 11.0 Å². The molecular weight excluding hydrogens is 294 g/mol. The van der Waals surface area contributed by atoms with E-state index in [-0.39, 0.29) is 11.9 Å². The van der Waals surface area contributed by atoms with E-state index >= 15 is 0 Å². The fourth-order valence-corrected chi connectivity index (χ4v) is 2.43. The first-order valence-electron chi connectivity index (χ1n) is 7.53. The maximum Gasteiger partial charge on any atom is 0.255 e. The molecule has 1 aromatic carbocycles. The van der Waals surface area contributed by atoms with E-state index < -0.39 is 0 Å². The van der Waals surface area contributed by atoms with Crippen LogP contribution in [0.2, 0.25) is 0 Å². The van der Waals surface area contributed by atoms with Crippen LogP contribution in [0.15, 0.2) is 41.1 Å². The summed E-state index contributed by atoms with van der Waals surface area (Å²) < 4.78 is 13.1. The van der Waals surface area contributed by atoms with Gasteiger partial charge in [-0.2, -0.15) is 5.10 Å². The summed E-state index contributed by atoms with van der Waals surface area (Å²) in [7, 11) is 1.77. The van der Waals surface area contributed by atoms with Gasteiger partial charge >= 0.3 is 0 Å². The first-order valence-corrected chi connectivity index (χ1v) is 7.53. The Morgan fingerprint density at radius 2 is 2.30 bits per heavy atom. The monoisotopic (exact) mass is 313 g/mol. The minimum Gasteiger partial charge on any atom is -0.490 e. The summed E-state index contributed by atoms with van der Waals surface area (Å²) in [4.78, 5) is 12.2. The predicted octanol–water partition coefficient (Wildman–Crippen LogP) is 3.06. The van der Waals surface area contributed by atoms with Crippen LogP contribution >= 0.6 is 0 Å². The number of rotatable bonds is 5. The lowest BCUT2D eigenvalue weighted by Gasteiger charge is -2.10. The Hall–Kier alpha value is -2.76. The molecule has 0 saturated carbocycles. The van der Waals surface area contributed by atoms with Crippen molar-refractivity contribution < 1.29 is 13.9 Å². The highest BCUT2D eigenvalue weighted by Gasteiger charge is 2.17. The van der Waals surface area contributed by atoms with Crippen LogP contribution in [0, 0.1) is 0 Å². The number of nitrogens with one attached hydrogen (secondary N) is 1. The number of aryl methyl sites for hydroxylation is 1. The van der Waals surface area contributed by atoms with E-state index in [1.165, 1.54) is 6.20 Å². The van der Waals surface area contributed by atoms with Gasteiger partial charge in [0.05, 0.1) is 24.4 Å². The molecule has 2 aromatic heterocycles. The van der Waals surface area contributed by atoms with Gasteiger partial charge in [0.25, 0.3) is 5.91 Å². The van der Waals surface area contributed by atoms with E-state index in [1.807, 2.05) is 38.1 Å². The van der Waals surface area contributed by atoms with Gasteiger partial charge in [-0.05, 0) is 26.0 Å². The topological polar surface area (TPSA) is 69.3 Å². The Balaban J connectivity index is 1.82. The van der Waals surface area contributed by atoms with E-state index in [4.69, 9.17) is 9.15 Å². The molecule has 3 rings (SSSR count). The van der Waals surface area contributed by atoms with Gasteiger partial charge in [0.1, 0.15) is 5.76 Å². The number of aromatic nitrogens is 2. The number of carbonyl (C=O) groups is 1. The molecule has 0 aliphatic carbocycles. The van der Waals surface area contributed by atoms with Crippen LogP contribution in [0.4, 0.5) is 0 Å².